The fraction of sp³-hybridized carbons (Fsp3) is 0. The Morgan fingerprint density at radius 2 is 1.81 bits per heavy atom. The van der Waals surface area contributed by atoms with Crippen LogP contribution in [0, 0.1) is 0 Å². The molecule has 16 heavy (non-hydrogen) atoms. The molecule has 1 nitrogen and oxygen atoms in total. The molecule has 0 aliphatic carbocycles. The highest BCUT2D eigenvalue weighted by atomic mass is 32.1. The normalized spacial score (nSPS) is 11.8. The Bertz CT molecular complexity index is 807. The predicted octanol–water partition coefficient (Wildman–Crippen LogP) is 4.80. The highest BCUT2D eigenvalue weighted by molar-refractivity contribution is 7.16. The average molecular weight is 224 g/mol. The Morgan fingerprint density at radius 3 is 2.81 bits per heavy atom. The molecule has 0 bridgehead atoms. The molecule has 0 atom stereocenters. The Morgan fingerprint density at radius 1 is 0.875 bits per heavy atom. The molecule has 0 aliphatic rings. The number of furan rings is 1. The summed E-state index contributed by atoms with van der Waals surface area (Å²) in [5.74, 6) is 0. The second-order valence-corrected chi connectivity index (χ2v) is 4.76. The molecule has 2 heterocycles. The van der Waals surface area contributed by atoms with Crippen LogP contribution in [0.15, 0.2) is 52.3 Å². The third-order valence-electron chi connectivity index (χ3n) is 2.99. The summed E-state index contributed by atoms with van der Waals surface area (Å²) in [5, 5.41) is 7.10. The van der Waals surface area contributed by atoms with Crippen molar-refractivity contribution >= 4 is 43.4 Å². The van der Waals surface area contributed by atoms with Crippen LogP contribution >= 0.6 is 11.3 Å². The van der Waals surface area contributed by atoms with E-state index in [9.17, 15) is 0 Å². The highest BCUT2D eigenvalue weighted by Crippen LogP contribution is 2.36. The number of thiophene rings is 1. The van der Waals surface area contributed by atoms with Crippen LogP contribution in [0.2, 0.25) is 0 Å². The van der Waals surface area contributed by atoms with Crippen molar-refractivity contribution in [2.45, 2.75) is 0 Å². The molecule has 2 aromatic heterocycles. The van der Waals surface area contributed by atoms with E-state index in [1.807, 2.05) is 0 Å². The highest BCUT2D eigenvalue weighted by Gasteiger charge is 2.10. The van der Waals surface area contributed by atoms with Gasteiger partial charge in [0.2, 0.25) is 0 Å². The van der Waals surface area contributed by atoms with Crippen molar-refractivity contribution in [3.8, 4) is 0 Å². The van der Waals surface area contributed by atoms with E-state index in [1.165, 1.54) is 21.5 Å². The minimum Gasteiger partial charge on any atom is -0.445 e. The quantitative estimate of drug-likeness (QED) is 0.418. The van der Waals surface area contributed by atoms with Gasteiger partial charge in [-0.2, -0.15) is 0 Å². The molecule has 0 fully saturated rings. The van der Waals surface area contributed by atoms with Gasteiger partial charge in [-0.3, -0.25) is 0 Å². The molecule has 0 N–H and O–H groups in total. The molecule has 2 aromatic carbocycles. The molecule has 0 unspecified atom stereocenters. The van der Waals surface area contributed by atoms with Crippen LogP contribution < -0.4 is 0 Å². The third kappa shape index (κ3) is 0.947. The van der Waals surface area contributed by atoms with Gasteiger partial charge in [-0.25, -0.2) is 0 Å². The maximum absolute atomic E-state index is 5.82. The van der Waals surface area contributed by atoms with Gasteiger partial charge in [0.25, 0.3) is 0 Å². The summed E-state index contributed by atoms with van der Waals surface area (Å²) < 4.78 is 5.82. The van der Waals surface area contributed by atoms with E-state index in [4.69, 9.17) is 4.42 Å². The van der Waals surface area contributed by atoms with Gasteiger partial charge in [-0.1, -0.05) is 30.3 Å². The van der Waals surface area contributed by atoms with Crippen molar-refractivity contribution in [3.05, 3.63) is 47.8 Å². The lowest BCUT2D eigenvalue weighted by molar-refractivity contribution is 0.678. The summed E-state index contributed by atoms with van der Waals surface area (Å²) in [4.78, 5) is 1.02. The summed E-state index contributed by atoms with van der Waals surface area (Å²) in [6.45, 7) is 0. The molecular formula is C14H8OS. The van der Waals surface area contributed by atoms with E-state index in [0.29, 0.717) is 0 Å². The van der Waals surface area contributed by atoms with Gasteiger partial charge < -0.3 is 4.42 Å². The van der Waals surface area contributed by atoms with Gasteiger partial charge in [0.15, 0.2) is 4.90 Å². The van der Waals surface area contributed by atoms with Crippen LogP contribution in [0.5, 0.6) is 0 Å². The summed E-state index contributed by atoms with van der Waals surface area (Å²) >= 11 is 1.65. The van der Waals surface area contributed by atoms with E-state index < -0.39 is 0 Å². The molecule has 0 saturated heterocycles. The van der Waals surface area contributed by atoms with Gasteiger partial charge in [0.05, 0.1) is 0 Å². The molecule has 0 spiro atoms. The van der Waals surface area contributed by atoms with E-state index in [2.05, 4.69) is 47.8 Å². The van der Waals surface area contributed by atoms with Gasteiger partial charge >= 0.3 is 0 Å². The lowest BCUT2D eigenvalue weighted by Crippen LogP contribution is -1.72. The maximum Gasteiger partial charge on any atom is 0.188 e. The largest absolute Gasteiger partial charge is 0.445 e. The van der Waals surface area contributed by atoms with Crippen LogP contribution in [0.1, 0.15) is 0 Å². The van der Waals surface area contributed by atoms with Crippen molar-refractivity contribution in [2.75, 3.05) is 0 Å². The molecule has 76 valence electrons. The number of hydrogen-bond donors (Lipinski definition) is 0. The zero-order valence-electron chi connectivity index (χ0n) is 8.44. The molecule has 2 heteroatoms. The number of benzene rings is 2. The summed E-state index contributed by atoms with van der Waals surface area (Å²) in [7, 11) is 0. The molecule has 0 aliphatic heterocycles. The summed E-state index contributed by atoms with van der Waals surface area (Å²) in [6, 6.07) is 14.8. The Hall–Kier alpha value is -1.80. The fourth-order valence-electron chi connectivity index (χ4n) is 2.27. The monoisotopic (exact) mass is 224 g/mol. The standard InChI is InChI=1S/C14H8OS/c1-2-4-10-9(3-1)5-6-12-13(10)11-7-8-16-14(11)15-12/h1-8H. The average Bonchev–Trinajstić information content (AvgIpc) is 2.88. The van der Waals surface area contributed by atoms with Crippen molar-refractivity contribution in [1.29, 1.82) is 0 Å². The first kappa shape index (κ1) is 8.36. The number of rotatable bonds is 0. The van der Waals surface area contributed by atoms with Crippen LogP contribution in [-0.2, 0) is 0 Å². The molecule has 4 aromatic rings. The lowest BCUT2D eigenvalue weighted by Gasteiger charge is -1.97. The third-order valence-corrected chi connectivity index (χ3v) is 3.78. The number of fused-ring (bicyclic) bond motifs is 5. The summed E-state index contributed by atoms with van der Waals surface area (Å²) in [6.07, 6.45) is 0. The van der Waals surface area contributed by atoms with Gasteiger partial charge in [0.1, 0.15) is 5.58 Å². The second-order valence-electron chi connectivity index (χ2n) is 3.88. The first-order valence-corrected chi connectivity index (χ1v) is 6.09. The van der Waals surface area contributed by atoms with Gasteiger partial charge in [-0.05, 0) is 28.3 Å². The van der Waals surface area contributed by atoms with Crippen molar-refractivity contribution in [3.63, 3.8) is 0 Å². The zero-order valence-corrected chi connectivity index (χ0v) is 9.25. The molecule has 0 amide bonds. The Balaban J connectivity index is 2.41. The number of hydrogen-bond acceptors (Lipinski definition) is 2. The molecular weight excluding hydrogens is 216 g/mol. The minimum absolute atomic E-state index is 0.987. The second kappa shape index (κ2) is 2.86. The van der Waals surface area contributed by atoms with Crippen LogP contribution in [0.3, 0.4) is 0 Å². The first-order valence-electron chi connectivity index (χ1n) is 5.21. The SMILES string of the molecule is c1ccc2c(c1)ccc1oc3sccc3c12. The van der Waals surface area contributed by atoms with E-state index in [0.717, 1.165) is 10.5 Å². The van der Waals surface area contributed by atoms with Gasteiger partial charge in [0, 0.05) is 10.8 Å². The zero-order chi connectivity index (χ0) is 10.5. The summed E-state index contributed by atoms with van der Waals surface area (Å²) in [5.41, 5.74) is 0.987. The Labute approximate surface area is 95.9 Å². The Kier molecular flexibility index (Phi) is 1.50. The topological polar surface area (TPSA) is 13.1 Å². The van der Waals surface area contributed by atoms with Crippen LogP contribution in [-0.4, -0.2) is 0 Å². The van der Waals surface area contributed by atoms with Crippen LogP contribution in [0.25, 0.3) is 32.0 Å². The van der Waals surface area contributed by atoms with E-state index in [1.54, 1.807) is 11.3 Å². The van der Waals surface area contributed by atoms with Crippen molar-refractivity contribution < 1.29 is 4.42 Å². The van der Waals surface area contributed by atoms with E-state index in [-0.39, 0.29) is 0 Å². The van der Waals surface area contributed by atoms with Crippen LogP contribution in [0.4, 0.5) is 0 Å². The molecule has 0 radical (unpaired) electrons. The minimum atomic E-state index is 0.987. The fourth-order valence-corrected chi connectivity index (χ4v) is 3.04. The maximum atomic E-state index is 5.82. The van der Waals surface area contributed by atoms with Gasteiger partial charge in [-0.15, -0.1) is 11.3 Å². The van der Waals surface area contributed by atoms with E-state index >= 15 is 0 Å². The lowest BCUT2D eigenvalue weighted by atomic mass is 10.1. The smallest absolute Gasteiger partial charge is 0.188 e. The predicted molar refractivity (Wildman–Crippen MR) is 69.1 cm³/mol. The first-order chi connectivity index (χ1) is 7.93. The van der Waals surface area contributed by atoms with Crippen molar-refractivity contribution in [2.24, 2.45) is 0 Å². The molecule has 4 rings (SSSR count). The molecule has 0 saturated carbocycles. The van der Waals surface area contributed by atoms with Crippen molar-refractivity contribution in [1.82, 2.24) is 0 Å².